The van der Waals surface area contributed by atoms with E-state index in [0.717, 1.165) is 0 Å². The molecular weight excluding hydrogens is 342 g/mol. The summed E-state index contributed by atoms with van der Waals surface area (Å²) in [5.74, 6) is -1.09. The number of amides is 1. The summed E-state index contributed by atoms with van der Waals surface area (Å²) < 4.78 is 7.43. The molecule has 1 aliphatic rings. The van der Waals surface area contributed by atoms with Gasteiger partial charge in [0.1, 0.15) is 5.60 Å². The van der Waals surface area contributed by atoms with E-state index in [-0.39, 0.29) is 12.2 Å². The summed E-state index contributed by atoms with van der Waals surface area (Å²) >= 11 is 3.27. The minimum Gasteiger partial charge on any atom is -0.476 e. The predicted octanol–water partition coefficient (Wildman–Crippen LogP) is 2.48. The number of rotatable bonds is 1. The Bertz CT molecular complexity index is 577. The summed E-state index contributed by atoms with van der Waals surface area (Å²) in [5, 5.41) is 13.2. The number of carbonyl (C=O) groups is 2. The molecule has 8 heteroatoms. The molecule has 1 N–H and O–H groups in total. The fourth-order valence-electron chi connectivity index (χ4n) is 2.10. The summed E-state index contributed by atoms with van der Waals surface area (Å²) in [4.78, 5) is 24.9. The Morgan fingerprint density at radius 2 is 2.00 bits per heavy atom. The molecule has 1 amide bonds. The lowest BCUT2D eigenvalue weighted by Crippen LogP contribution is -2.36. The van der Waals surface area contributed by atoms with Gasteiger partial charge in [0, 0.05) is 13.1 Å². The Labute approximate surface area is 131 Å². The van der Waals surface area contributed by atoms with Crippen LogP contribution in [0.1, 0.15) is 43.4 Å². The van der Waals surface area contributed by atoms with Gasteiger partial charge in [-0.05, 0) is 43.1 Å². The van der Waals surface area contributed by atoms with E-state index >= 15 is 0 Å². The Morgan fingerprint density at radius 3 is 2.57 bits per heavy atom. The van der Waals surface area contributed by atoms with Gasteiger partial charge in [-0.25, -0.2) is 9.59 Å². The van der Waals surface area contributed by atoms with Gasteiger partial charge in [-0.1, -0.05) is 0 Å². The molecule has 0 atom stereocenters. The molecule has 0 aliphatic carbocycles. The highest BCUT2D eigenvalue weighted by Crippen LogP contribution is 2.26. The number of halogens is 1. The summed E-state index contributed by atoms with van der Waals surface area (Å²) in [6.07, 6.45) is 0.292. The topological polar surface area (TPSA) is 84.7 Å². The van der Waals surface area contributed by atoms with Crippen LogP contribution in [0.5, 0.6) is 0 Å². The van der Waals surface area contributed by atoms with Gasteiger partial charge in [0.2, 0.25) is 0 Å². The Morgan fingerprint density at radius 1 is 1.33 bits per heavy atom. The smallest absolute Gasteiger partial charge is 0.410 e. The molecule has 2 rings (SSSR count). The van der Waals surface area contributed by atoms with Gasteiger partial charge in [-0.15, -0.1) is 0 Å². The highest BCUT2D eigenvalue weighted by atomic mass is 79.9. The Hall–Kier alpha value is -1.57. The van der Waals surface area contributed by atoms with Crippen molar-refractivity contribution in [2.75, 3.05) is 6.54 Å². The quantitative estimate of drug-likeness (QED) is 0.832. The molecule has 0 saturated carbocycles. The van der Waals surface area contributed by atoms with Crippen LogP contribution in [0.15, 0.2) is 4.47 Å². The normalized spacial score (nSPS) is 15.3. The number of carboxylic acid groups (broad SMARTS) is 1. The molecule has 2 heterocycles. The molecule has 0 bridgehead atoms. The number of hydrogen-bond acceptors (Lipinski definition) is 4. The molecule has 0 aromatic carbocycles. The lowest BCUT2D eigenvalue weighted by atomic mass is 10.2. The zero-order chi connectivity index (χ0) is 15.8. The second-order valence-corrected chi connectivity index (χ2v) is 6.69. The van der Waals surface area contributed by atoms with Gasteiger partial charge in [-0.3, -0.25) is 4.68 Å². The first-order valence-corrected chi connectivity index (χ1v) is 7.45. The van der Waals surface area contributed by atoms with Gasteiger partial charge >= 0.3 is 12.1 Å². The van der Waals surface area contributed by atoms with E-state index in [1.165, 1.54) is 0 Å². The number of aryl methyl sites for hydroxylation is 1. The first kappa shape index (κ1) is 15.8. The van der Waals surface area contributed by atoms with Crippen molar-refractivity contribution in [3.8, 4) is 0 Å². The minimum absolute atomic E-state index is 0.0314. The number of hydrogen-bond donors (Lipinski definition) is 1. The molecule has 1 aromatic rings. The number of nitrogens with zero attached hydrogens (tertiary/aromatic N) is 3. The highest BCUT2D eigenvalue weighted by molar-refractivity contribution is 9.10. The van der Waals surface area contributed by atoms with Crippen LogP contribution < -0.4 is 0 Å². The van der Waals surface area contributed by atoms with Crippen molar-refractivity contribution in [1.82, 2.24) is 14.7 Å². The lowest BCUT2D eigenvalue weighted by Gasteiger charge is -2.26. The van der Waals surface area contributed by atoms with Crippen LogP contribution in [0.4, 0.5) is 4.79 Å². The molecule has 1 aliphatic heterocycles. The Balaban J connectivity index is 2.24. The van der Waals surface area contributed by atoms with Gasteiger partial charge in [0.15, 0.2) is 5.69 Å². The summed E-state index contributed by atoms with van der Waals surface area (Å²) in [6.45, 7) is 6.83. The van der Waals surface area contributed by atoms with Crippen molar-refractivity contribution in [3.63, 3.8) is 0 Å². The maximum Gasteiger partial charge on any atom is 0.410 e. The largest absolute Gasteiger partial charge is 0.476 e. The average Bonchev–Trinajstić information content (AvgIpc) is 2.55. The average molecular weight is 360 g/mol. The van der Waals surface area contributed by atoms with Gasteiger partial charge in [0.25, 0.3) is 0 Å². The highest BCUT2D eigenvalue weighted by Gasteiger charge is 2.28. The van der Waals surface area contributed by atoms with Gasteiger partial charge in [-0.2, -0.15) is 5.10 Å². The van der Waals surface area contributed by atoms with Crippen LogP contribution >= 0.6 is 15.9 Å². The first-order valence-electron chi connectivity index (χ1n) is 6.65. The van der Waals surface area contributed by atoms with Crippen molar-refractivity contribution in [2.24, 2.45) is 0 Å². The number of aromatic carboxylic acids is 1. The van der Waals surface area contributed by atoms with Crippen LogP contribution in [-0.2, 0) is 17.8 Å². The first-order chi connectivity index (χ1) is 9.69. The molecule has 0 radical (unpaired) electrons. The van der Waals surface area contributed by atoms with Gasteiger partial charge < -0.3 is 14.7 Å². The molecule has 7 nitrogen and oxygen atoms in total. The molecule has 0 unspecified atom stereocenters. The van der Waals surface area contributed by atoms with Crippen LogP contribution in [0.25, 0.3) is 0 Å². The molecule has 0 spiro atoms. The fourth-order valence-corrected chi connectivity index (χ4v) is 2.68. The third kappa shape index (κ3) is 3.55. The van der Waals surface area contributed by atoms with Crippen molar-refractivity contribution < 1.29 is 19.4 Å². The van der Waals surface area contributed by atoms with E-state index < -0.39 is 17.7 Å². The summed E-state index contributed by atoms with van der Waals surface area (Å²) in [5.41, 5.74) is 0.0828. The number of ether oxygens (including phenoxy) is 1. The van der Waals surface area contributed by atoms with Crippen LogP contribution in [-0.4, -0.2) is 44.0 Å². The number of carboxylic acids is 1. The second-order valence-electron chi connectivity index (χ2n) is 5.89. The van der Waals surface area contributed by atoms with Crippen LogP contribution in [0.2, 0.25) is 0 Å². The molecule has 21 heavy (non-hydrogen) atoms. The Kier molecular flexibility index (Phi) is 4.27. The van der Waals surface area contributed by atoms with E-state index in [4.69, 9.17) is 9.84 Å². The molecular formula is C13H18BrN3O4. The van der Waals surface area contributed by atoms with Crippen LogP contribution in [0, 0.1) is 0 Å². The van der Waals surface area contributed by atoms with Crippen molar-refractivity contribution in [2.45, 2.75) is 45.9 Å². The number of fused-ring (bicyclic) bond motifs is 1. The third-order valence-electron chi connectivity index (χ3n) is 2.99. The monoisotopic (exact) mass is 359 g/mol. The van der Waals surface area contributed by atoms with Crippen molar-refractivity contribution in [1.29, 1.82) is 0 Å². The maximum atomic E-state index is 12.2. The maximum absolute atomic E-state index is 12.2. The SMILES string of the molecule is CC(C)(C)OC(=O)N1CCCn2nc(C(=O)O)c(Br)c2C1. The number of aromatic nitrogens is 2. The molecule has 116 valence electrons. The van der Waals surface area contributed by atoms with E-state index in [0.29, 0.717) is 29.7 Å². The van der Waals surface area contributed by atoms with Crippen molar-refractivity contribution in [3.05, 3.63) is 15.9 Å². The van der Waals surface area contributed by atoms with E-state index in [1.54, 1.807) is 9.58 Å². The molecule has 1 aromatic heterocycles. The third-order valence-corrected chi connectivity index (χ3v) is 3.82. The molecule has 0 saturated heterocycles. The lowest BCUT2D eigenvalue weighted by molar-refractivity contribution is 0.0236. The van der Waals surface area contributed by atoms with E-state index in [1.807, 2.05) is 20.8 Å². The van der Waals surface area contributed by atoms with E-state index in [9.17, 15) is 9.59 Å². The molecule has 0 fully saturated rings. The fraction of sp³-hybridized carbons (Fsp3) is 0.615. The number of carbonyl (C=O) groups excluding carboxylic acids is 1. The zero-order valence-electron chi connectivity index (χ0n) is 12.2. The predicted molar refractivity (Wildman–Crippen MR) is 78.1 cm³/mol. The second kappa shape index (κ2) is 5.67. The summed E-state index contributed by atoms with van der Waals surface area (Å²) in [7, 11) is 0. The minimum atomic E-state index is -1.09. The summed E-state index contributed by atoms with van der Waals surface area (Å²) in [6, 6.07) is 0. The standard InChI is InChI=1S/C13H18BrN3O4/c1-13(2,3)21-12(20)16-5-4-6-17-8(7-16)9(14)10(15-17)11(18)19/h4-7H2,1-3H3,(H,18,19). The van der Waals surface area contributed by atoms with E-state index in [2.05, 4.69) is 21.0 Å². The van der Waals surface area contributed by atoms with Crippen molar-refractivity contribution >= 4 is 28.0 Å². The van der Waals surface area contributed by atoms with Gasteiger partial charge in [0.05, 0.1) is 16.7 Å². The zero-order valence-corrected chi connectivity index (χ0v) is 13.8. The van der Waals surface area contributed by atoms with Crippen LogP contribution in [0.3, 0.4) is 0 Å².